The van der Waals surface area contributed by atoms with Crippen molar-refractivity contribution in [3.05, 3.63) is 58.4 Å². The molecule has 1 atom stereocenters. The van der Waals surface area contributed by atoms with Crippen LogP contribution in [0.4, 0.5) is 0 Å². The van der Waals surface area contributed by atoms with Crippen molar-refractivity contribution in [2.75, 3.05) is 14.1 Å². The number of hydrogen-bond donors (Lipinski definition) is 0. The molecule has 3 rings (SSSR count). The maximum Gasteiger partial charge on any atom is 0.344 e. The van der Waals surface area contributed by atoms with E-state index in [0.29, 0.717) is 11.0 Å². The molecular formula is C17H16NO2. The van der Waals surface area contributed by atoms with Crippen molar-refractivity contribution in [1.82, 2.24) is 4.90 Å². The molecule has 1 aromatic heterocycles. The average Bonchev–Trinajstić information content (AvgIpc) is 2.46. The van der Waals surface area contributed by atoms with Crippen LogP contribution in [-0.2, 0) is 0 Å². The van der Waals surface area contributed by atoms with Crippen LogP contribution < -0.4 is 5.63 Å². The van der Waals surface area contributed by atoms with Crippen LogP contribution in [0.15, 0.2) is 45.6 Å². The van der Waals surface area contributed by atoms with Gasteiger partial charge in [-0.15, -0.1) is 0 Å². The molecule has 3 aromatic rings. The SMILES string of the molecule is C[C@@H](c1c[c]cc2oc(=O)c3ccccc3c12)N(C)C. The fraction of sp³-hybridized carbons (Fsp3) is 0.235. The minimum Gasteiger partial charge on any atom is -0.422 e. The molecule has 0 saturated heterocycles. The number of benzene rings is 2. The van der Waals surface area contributed by atoms with Gasteiger partial charge in [-0.2, -0.15) is 0 Å². The molecule has 0 amide bonds. The molecule has 1 heterocycles. The summed E-state index contributed by atoms with van der Waals surface area (Å²) < 4.78 is 5.44. The van der Waals surface area contributed by atoms with E-state index in [1.54, 1.807) is 12.1 Å². The molecule has 0 aliphatic carbocycles. The third-order valence-electron chi connectivity index (χ3n) is 3.83. The van der Waals surface area contributed by atoms with Crippen molar-refractivity contribution in [2.45, 2.75) is 13.0 Å². The van der Waals surface area contributed by atoms with Gasteiger partial charge in [0.15, 0.2) is 0 Å². The maximum absolute atomic E-state index is 12.0. The first-order chi connectivity index (χ1) is 9.59. The Bertz CT molecular complexity index is 833. The molecule has 0 aliphatic heterocycles. The van der Waals surface area contributed by atoms with Gasteiger partial charge in [0.05, 0.1) is 5.39 Å². The van der Waals surface area contributed by atoms with Crippen molar-refractivity contribution in [3.8, 4) is 0 Å². The van der Waals surface area contributed by atoms with Crippen LogP contribution in [-0.4, -0.2) is 19.0 Å². The second kappa shape index (κ2) is 4.76. The lowest BCUT2D eigenvalue weighted by Crippen LogP contribution is -2.17. The lowest BCUT2D eigenvalue weighted by atomic mass is 9.98. The van der Waals surface area contributed by atoms with E-state index in [2.05, 4.69) is 17.9 Å². The Morgan fingerprint density at radius 3 is 2.55 bits per heavy atom. The van der Waals surface area contributed by atoms with E-state index in [-0.39, 0.29) is 11.7 Å². The van der Waals surface area contributed by atoms with Crippen LogP contribution in [0.5, 0.6) is 0 Å². The molecule has 0 bridgehead atoms. The predicted molar refractivity (Wildman–Crippen MR) is 80.9 cm³/mol. The Morgan fingerprint density at radius 2 is 1.85 bits per heavy atom. The summed E-state index contributed by atoms with van der Waals surface area (Å²) in [6.45, 7) is 2.13. The Hall–Kier alpha value is -2.13. The van der Waals surface area contributed by atoms with Gasteiger partial charge in [-0.3, -0.25) is 0 Å². The third-order valence-corrected chi connectivity index (χ3v) is 3.83. The fourth-order valence-electron chi connectivity index (χ4n) is 2.50. The van der Waals surface area contributed by atoms with Gasteiger partial charge in [0.1, 0.15) is 5.58 Å². The first-order valence-corrected chi connectivity index (χ1v) is 6.61. The fourth-order valence-corrected chi connectivity index (χ4v) is 2.50. The molecule has 3 nitrogen and oxygen atoms in total. The Kier molecular flexibility index (Phi) is 3.07. The van der Waals surface area contributed by atoms with E-state index >= 15 is 0 Å². The lowest BCUT2D eigenvalue weighted by molar-refractivity contribution is 0.323. The van der Waals surface area contributed by atoms with Crippen molar-refractivity contribution >= 4 is 21.7 Å². The van der Waals surface area contributed by atoms with Crippen LogP contribution in [0.1, 0.15) is 18.5 Å². The monoisotopic (exact) mass is 266 g/mol. The van der Waals surface area contributed by atoms with Crippen molar-refractivity contribution in [2.24, 2.45) is 0 Å². The highest BCUT2D eigenvalue weighted by atomic mass is 16.4. The summed E-state index contributed by atoms with van der Waals surface area (Å²) in [4.78, 5) is 14.1. The highest BCUT2D eigenvalue weighted by Crippen LogP contribution is 2.31. The molecule has 0 fully saturated rings. The van der Waals surface area contributed by atoms with E-state index in [9.17, 15) is 4.79 Å². The van der Waals surface area contributed by atoms with Crippen LogP contribution >= 0.6 is 0 Å². The lowest BCUT2D eigenvalue weighted by Gasteiger charge is -2.21. The molecule has 0 saturated carbocycles. The minimum atomic E-state index is -0.295. The van der Waals surface area contributed by atoms with Gasteiger partial charge in [-0.1, -0.05) is 18.2 Å². The topological polar surface area (TPSA) is 33.5 Å². The molecule has 2 aromatic carbocycles. The zero-order chi connectivity index (χ0) is 14.3. The predicted octanol–water partition coefficient (Wildman–Crippen LogP) is 3.37. The van der Waals surface area contributed by atoms with Crippen molar-refractivity contribution in [3.63, 3.8) is 0 Å². The number of rotatable bonds is 2. The first-order valence-electron chi connectivity index (χ1n) is 6.61. The first kappa shape index (κ1) is 12.9. The summed E-state index contributed by atoms with van der Waals surface area (Å²) in [7, 11) is 4.07. The van der Waals surface area contributed by atoms with E-state index in [4.69, 9.17) is 4.42 Å². The van der Waals surface area contributed by atoms with E-state index in [1.165, 1.54) is 0 Å². The smallest absolute Gasteiger partial charge is 0.344 e. The Morgan fingerprint density at radius 1 is 1.15 bits per heavy atom. The van der Waals surface area contributed by atoms with E-state index < -0.39 is 0 Å². The molecule has 101 valence electrons. The van der Waals surface area contributed by atoms with Gasteiger partial charge in [0.25, 0.3) is 0 Å². The largest absolute Gasteiger partial charge is 0.422 e. The zero-order valence-electron chi connectivity index (χ0n) is 11.8. The Balaban J connectivity index is 2.50. The van der Waals surface area contributed by atoms with Crippen molar-refractivity contribution < 1.29 is 4.42 Å². The van der Waals surface area contributed by atoms with Gasteiger partial charge >= 0.3 is 5.63 Å². The standard InChI is InChI=1S/C17H16NO2/c1-11(18(2)3)12-9-6-10-15-16(12)13-7-4-5-8-14(13)17(19)20-15/h4-5,7-11H,1-3H3/t11-/m0/s1. The van der Waals surface area contributed by atoms with Gasteiger partial charge < -0.3 is 9.32 Å². The summed E-state index contributed by atoms with van der Waals surface area (Å²) in [5, 5.41) is 2.56. The third kappa shape index (κ3) is 1.91. The van der Waals surface area contributed by atoms with Crippen LogP contribution in [0, 0.1) is 6.07 Å². The second-order valence-corrected chi connectivity index (χ2v) is 5.22. The van der Waals surface area contributed by atoms with Crippen LogP contribution in [0.25, 0.3) is 21.7 Å². The highest BCUT2D eigenvalue weighted by molar-refractivity contribution is 6.06. The molecule has 0 aliphatic rings. The summed E-state index contributed by atoms with van der Waals surface area (Å²) in [5.41, 5.74) is 1.42. The van der Waals surface area contributed by atoms with Gasteiger partial charge in [-0.25, -0.2) is 4.79 Å². The van der Waals surface area contributed by atoms with Crippen molar-refractivity contribution in [1.29, 1.82) is 0 Å². The molecule has 20 heavy (non-hydrogen) atoms. The highest BCUT2D eigenvalue weighted by Gasteiger charge is 2.15. The molecule has 3 heteroatoms. The molecule has 1 radical (unpaired) electrons. The van der Waals surface area contributed by atoms with Gasteiger partial charge in [0, 0.05) is 16.8 Å². The Labute approximate surface area is 117 Å². The van der Waals surface area contributed by atoms with Crippen LogP contribution in [0.3, 0.4) is 0 Å². The van der Waals surface area contributed by atoms with E-state index in [0.717, 1.165) is 16.3 Å². The molecular weight excluding hydrogens is 250 g/mol. The zero-order valence-corrected chi connectivity index (χ0v) is 11.8. The van der Waals surface area contributed by atoms with Gasteiger partial charge in [0.2, 0.25) is 0 Å². The normalized spacial score (nSPS) is 13.2. The van der Waals surface area contributed by atoms with Gasteiger partial charge in [-0.05, 0) is 50.8 Å². The second-order valence-electron chi connectivity index (χ2n) is 5.22. The molecule has 0 spiro atoms. The molecule has 0 N–H and O–H groups in total. The number of fused-ring (bicyclic) bond motifs is 3. The van der Waals surface area contributed by atoms with E-state index in [1.807, 2.05) is 38.4 Å². The summed E-state index contributed by atoms with van der Waals surface area (Å²) in [5.74, 6) is 0. The number of nitrogens with zero attached hydrogens (tertiary/aromatic N) is 1. The minimum absolute atomic E-state index is 0.214. The summed E-state index contributed by atoms with van der Waals surface area (Å²) in [6.07, 6.45) is 0. The number of hydrogen-bond acceptors (Lipinski definition) is 3. The molecule has 0 unspecified atom stereocenters. The average molecular weight is 266 g/mol. The summed E-state index contributed by atoms with van der Waals surface area (Å²) >= 11 is 0. The summed E-state index contributed by atoms with van der Waals surface area (Å²) in [6, 6.07) is 14.6. The quantitative estimate of drug-likeness (QED) is 0.526. The maximum atomic E-state index is 12.0. The van der Waals surface area contributed by atoms with Crippen LogP contribution in [0.2, 0.25) is 0 Å².